The van der Waals surface area contributed by atoms with Gasteiger partial charge in [-0.1, -0.05) is 13.8 Å². The van der Waals surface area contributed by atoms with Crippen LogP contribution in [0, 0.1) is 5.41 Å². The van der Waals surface area contributed by atoms with Crippen LogP contribution < -0.4 is 0 Å². The summed E-state index contributed by atoms with van der Waals surface area (Å²) in [6, 6.07) is 0. The molecule has 0 spiro atoms. The number of hydrogen-bond acceptors (Lipinski definition) is 4. The number of aldehydes is 1. The van der Waals surface area contributed by atoms with Crippen LogP contribution in [-0.2, 0) is 19.2 Å². The Morgan fingerprint density at radius 3 is 2.11 bits per heavy atom. The van der Waals surface area contributed by atoms with Gasteiger partial charge in [0.1, 0.15) is 17.5 Å². The summed E-state index contributed by atoms with van der Waals surface area (Å²) in [5, 5.41) is 0. The maximum Gasteiger partial charge on any atom is 0.153 e. The van der Waals surface area contributed by atoms with E-state index in [1.165, 1.54) is 6.92 Å². The van der Waals surface area contributed by atoms with E-state index in [-0.39, 0.29) is 24.4 Å². The molecule has 0 aromatic carbocycles. The van der Waals surface area contributed by atoms with Crippen molar-refractivity contribution in [2.45, 2.75) is 59.3 Å². The molecule has 102 valence electrons. The highest BCUT2D eigenvalue weighted by Gasteiger charge is 2.41. The quantitative estimate of drug-likeness (QED) is 0.443. The van der Waals surface area contributed by atoms with Gasteiger partial charge in [0.2, 0.25) is 0 Å². The fraction of sp³-hybridized carbons (Fsp3) is 0.714. The Hall–Kier alpha value is -1.32. The topological polar surface area (TPSA) is 68.3 Å². The molecule has 0 saturated heterocycles. The van der Waals surface area contributed by atoms with E-state index in [2.05, 4.69) is 0 Å². The highest BCUT2D eigenvalue weighted by Crippen LogP contribution is 2.26. The third-order valence-corrected chi connectivity index (χ3v) is 3.20. The average molecular weight is 254 g/mol. The maximum absolute atomic E-state index is 11.8. The summed E-state index contributed by atoms with van der Waals surface area (Å²) in [6.45, 7) is 4.81. The summed E-state index contributed by atoms with van der Waals surface area (Å²) >= 11 is 0. The van der Waals surface area contributed by atoms with Gasteiger partial charge in [-0.15, -0.1) is 0 Å². The van der Waals surface area contributed by atoms with Crippen molar-refractivity contribution in [3.63, 3.8) is 0 Å². The smallest absolute Gasteiger partial charge is 0.153 e. The number of hydrogen-bond donors (Lipinski definition) is 0. The average Bonchev–Trinajstić information content (AvgIpc) is 2.34. The van der Waals surface area contributed by atoms with E-state index >= 15 is 0 Å². The Morgan fingerprint density at radius 2 is 1.72 bits per heavy atom. The van der Waals surface area contributed by atoms with Crippen molar-refractivity contribution < 1.29 is 19.2 Å². The fourth-order valence-corrected chi connectivity index (χ4v) is 2.00. The zero-order chi connectivity index (χ0) is 14.2. The van der Waals surface area contributed by atoms with E-state index in [4.69, 9.17) is 0 Å². The lowest BCUT2D eigenvalue weighted by Crippen LogP contribution is -2.39. The zero-order valence-corrected chi connectivity index (χ0v) is 11.5. The van der Waals surface area contributed by atoms with Crippen LogP contribution in [0.2, 0.25) is 0 Å². The molecule has 0 rings (SSSR count). The second-order valence-electron chi connectivity index (χ2n) is 4.56. The predicted octanol–water partition coefficient (Wildman–Crippen LogP) is 2.28. The number of Topliss-reactive ketones (excluding diaryl/α,β-unsaturated/α-hetero) is 3. The molecule has 4 heteroatoms. The Labute approximate surface area is 108 Å². The normalized spacial score (nSPS) is 13.7. The van der Waals surface area contributed by atoms with E-state index < -0.39 is 11.2 Å². The van der Waals surface area contributed by atoms with Gasteiger partial charge in [0.05, 0.1) is 0 Å². The molecule has 0 aliphatic carbocycles. The summed E-state index contributed by atoms with van der Waals surface area (Å²) in [4.78, 5) is 45.8. The van der Waals surface area contributed by atoms with Gasteiger partial charge >= 0.3 is 0 Å². The summed E-state index contributed by atoms with van der Waals surface area (Å²) in [6.07, 6.45) is 2.78. The molecule has 1 unspecified atom stereocenters. The lowest BCUT2D eigenvalue weighted by atomic mass is 9.76. The molecule has 1 atom stereocenters. The van der Waals surface area contributed by atoms with Gasteiger partial charge in [-0.3, -0.25) is 14.4 Å². The Kier molecular flexibility index (Phi) is 7.32. The van der Waals surface area contributed by atoms with Crippen LogP contribution in [-0.4, -0.2) is 23.6 Å². The predicted molar refractivity (Wildman–Crippen MR) is 68.2 cm³/mol. The summed E-state index contributed by atoms with van der Waals surface area (Å²) in [5.41, 5.74) is -1.53. The first-order chi connectivity index (χ1) is 8.44. The molecule has 0 aliphatic rings. The van der Waals surface area contributed by atoms with Gasteiger partial charge < -0.3 is 4.79 Å². The van der Waals surface area contributed by atoms with Crippen LogP contribution in [0.1, 0.15) is 59.3 Å². The molecule has 0 amide bonds. The largest absolute Gasteiger partial charge is 0.302 e. The minimum Gasteiger partial charge on any atom is -0.302 e. The van der Waals surface area contributed by atoms with Gasteiger partial charge in [-0.05, 0) is 26.2 Å². The van der Waals surface area contributed by atoms with Crippen molar-refractivity contribution >= 4 is 23.6 Å². The third-order valence-electron chi connectivity index (χ3n) is 3.20. The van der Waals surface area contributed by atoms with Crippen molar-refractivity contribution in [3.8, 4) is 0 Å². The Morgan fingerprint density at radius 1 is 1.11 bits per heavy atom. The molecule has 0 aromatic heterocycles. The van der Waals surface area contributed by atoms with E-state index in [0.29, 0.717) is 25.5 Å². The van der Waals surface area contributed by atoms with E-state index in [1.54, 1.807) is 6.92 Å². The van der Waals surface area contributed by atoms with Crippen LogP contribution in [0.4, 0.5) is 0 Å². The van der Waals surface area contributed by atoms with E-state index in [1.807, 2.05) is 6.92 Å². The molecule has 0 heterocycles. The number of rotatable bonds is 10. The molecular weight excluding hydrogens is 232 g/mol. The van der Waals surface area contributed by atoms with Crippen LogP contribution in [0.5, 0.6) is 0 Å². The standard InChI is InChI=1S/C14H22O4/c1-4-7-12(17)8-6-9-14(10-15,11(3)16)13(18)5-2/h10H,4-9H2,1-3H3. The second-order valence-corrected chi connectivity index (χ2v) is 4.56. The van der Waals surface area contributed by atoms with Crippen molar-refractivity contribution in [2.75, 3.05) is 0 Å². The van der Waals surface area contributed by atoms with Crippen LogP contribution in [0.25, 0.3) is 0 Å². The molecule has 18 heavy (non-hydrogen) atoms. The van der Waals surface area contributed by atoms with Crippen molar-refractivity contribution in [1.29, 1.82) is 0 Å². The van der Waals surface area contributed by atoms with Gasteiger partial charge in [0.25, 0.3) is 0 Å². The number of carbonyl (C=O) groups is 4. The van der Waals surface area contributed by atoms with Crippen LogP contribution >= 0.6 is 0 Å². The minimum atomic E-state index is -1.53. The SMILES string of the molecule is CCCC(=O)CCCC(C=O)(C(C)=O)C(=O)CC. The van der Waals surface area contributed by atoms with E-state index in [9.17, 15) is 19.2 Å². The number of ketones is 3. The van der Waals surface area contributed by atoms with Crippen molar-refractivity contribution in [3.05, 3.63) is 0 Å². The van der Waals surface area contributed by atoms with Crippen molar-refractivity contribution in [2.24, 2.45) is 5.41 Å². The highest BCUT2D eigenvalue weighted by atomic mass is 16.2. The monoisotopic (exact) mass is 254 g/mol. The first-order valence-corrected chi connectivity index (χ1v) is 6.47. The fourth-order valence-electron chi connectivity index (χ4n) is 2.00. The molecule has 0 aliphatic heterocycles. The molecule has 0 radical (unpaired) electrons. The maximum atomic E-state index is 11.8. The first kappa shape index (κ1) is 16.7. The molecule has 0 aromatic rings. The van der Waals surface area contributed by atoms with E-state index in [0.717, 1.165) is 6.42 Å². The van der Waals surface area contributed by atoms with Gasteiger partial charge in [-0.2, -0.15) is 0 Å². The Balaban J connectivity index is 4.62. The molecule has 4 nitrogen and oxygen atoms in total. The van der Waals surface area contributed by atoms with Crippen LogP contribution in [0.15, 0.2) is 0 Å². The number of carbonyl (C=O) groups excluding carboxylic acids is 4. The Bertz CT molecular complexity index is 333. The summed E-state index contributed by atoms with van der Waals surface area (Å²) < 4.78 is 0. The molecule has 0 fully saturated rings. The van der Waals surface area contributed by atoms with Crippen LogP contribution in [0.3, 0.4) is 0 Å². The zero-order valence-electron chi connectivity index (χ0n) is 11.5. The molecule has 0 bridgehead atoms. The minimum absolute atomic E-state index is 0.116. The van der Waals surface area contributed by atoms with Crippen molar-refractivity contribution in [1.82, 2.24) is 0 Å². The molecule has 0 N–H and O–H groups in total. The molecular formula is C14H22O4. The summed E-state index contributed by atoms with van der Waals surface area (Å²) in [7, 11) is 0. The van der Waals surface area contributed by atoms with Gasteiger partial charge in [0, 0.05) is 19.3 Å². The lowest BCUT2D eigenvalue weighted by Gasteiger charge is -2.22. The first-order valence-electron chi connectivity index (χ1n) is 6.47. The lowest BCUT2D eigenvalue weighted by molar-refractivity contribution is -0.144. The second kappa shape index (κ2) is 7.90. The highest BCUT2D eigenvalue weighted by molar-refractivity contribution is 6.17. The van der Waals surface area contributed by atoms with Gasteiger partial charge in [0.15, 0.2) is 11.6 Å². The third kappa shape index (κ3) is 4.17. The summed E-state index contributed by atoms with van der Waals surface area (Å²) in [5.74, 6) is -0.662. The molecule has 0 saturated carbocycles. The van der Waals surface area contributed by atoms with Gasteiger partial charge in [-0.25, -0.2) is 0 Å².